The van der Waals surface area contributed by atoms with Crippen LogP contribution in [0.1, 0.15) is 36.8 Å². The zero-order valence-electron chi connectivity index (χ0n) is 11.4. The van der Waals surface area contributed by atoms with Crippen molar-refractivity contribution in [2.75, 3.05) is 7.11 Å². The van der Waals surface area contributed by atoms with Gasteiger partial charge in [0, 0.05) is 0 Å². The van der Waals surface area contributed by atoms with Crippen LogP contribution < -0.4 is 5.73 Å². The van der Waals surface area contributed by atoms with Crippen LogP contribution in [-0.4, -0.2) is 19.1 Å². The third kappa shape index (κ3) is 4.23. The van der Waals surface area contributed by atoms with Crippen molar-refractivity contribution in [2.24, 2.45) is 5.73 Å². The molecule has 0 aliphatic rings. The molecular weight excluding hydrogens is 271 g/mol. The summed E-state index contributed by atoms with van der Waals surface area (Å²) in [4.78, 5) is 11.3. The Morgan fingerprint density at radius 2 is 1.85 bits per heavy atom. The number of hydrogen-bond acceptors (Lipinski definition) is 3. The van der Waals surface area contributed by atoms with Crippen LogP contribution in [0, 0.1) is 0 Å². The van der Waals surface area contributed by atoms with Crippen LogP contribution >= 0.6 is 0 Å². The number of esters is 1. The molecule has 2 atom stereocenters. The molecule has 0 radical (unpaired) electrons. The summed E-state index contributed by atoms with van der Waals surface area (Å²) in [5.41, 5.74) is 5.74. The summed E-state index contributed by atoms with van der Waals surface area (Å²) in [5.74, 6) is -0.596. The van der Waals surface area contributed by atoms with Gasteiger partial charge in [-0.25, -0.2) is 0 Å². The SMILES string of the molecule is CCC(CC(N)C(=O)OC)c1ccc(C(F)(F)F)cc1. The fourth-order valence-corrected chi connectivity index (χ4v) is 2.04. The Hall–Kier alpha value is -1.56. The van der Waals surface area contributed by atoms with Crippen LogP contribution in [0.15, 0.2) is 24.3 Å². The average molecular weight is 289 g/mol. The van der Waals surface area contributed by atoms with Gasteiger partial charge in [-0.2, -0.15) is 13.2 Å². The minimum atomic E-state index is -4.34. The Kier molecular flexibility index (Phi) is 5.56. The van der Waals surface area contributed by atoms with Crippen LogP contribution in [0.25, 0.3) is 0 Å². The van der Waals surface area contributed by atoms with Gasteiger partial charge in [-0.15, -0.1) is 0 Å². The number of benzene rings is 1. The van der Waals surface area contributed by atoms with E-state index in [0.29, 0.717) is 12.8 Å². The first-order valence-corrected chi connectivity index (χ1v) is 6.30. The number of hydrogen-bond donors (Lipinski definition) is 1. The Labute approximate surface area is 115 Å². The van der Waals surface area contributed by atoms with E-state index >= 15 is 0 Å². The van der Waals surface area contributed by atoms with Gasteiger partial charge in [0.25, 0.3) is 0 Å². The van der Waals surface area contributed by atoms with Gasteiger partial charge < -0.3 is 10.5 Å². The molecule has 1 aromatic carbocycles. The quantitative estimate of drug-likeness (QED) is 0.847. The van der Waals surface area contributed by atoms with E-state index in [2.05, 4.69) is 4.74 Å². The van der Waals surface area contributed by atoms with Gasteiger partial charge in [0.2, 0.25) is 0 Å². The van der Waals surface area contributed by atoms with Crippen molar-refractivity contribution >= 4 is 5.97 Å². The highest BCUT2D eigenvalue weighted by Crippen LogP contribution is 2.31. The molecule has 0 amide bonds. The predicted molar refractivity (Wildman–Crippen MR) is 69.1 cm³/mol. The number of nitrogens with two attached hydrogens (primary N) is 1. The van der Waals surface area contributed by atoms with Crippen molar-refractivity contribution < 1.29 is 22.7 Å². The molecule has 3 nitrogen and oxygen atoms in total. The zero-order chi connectivity index (χ0) is 15.3. The summed E-state index contributed by atoms with van der Waals surface area (Å²) in [6.45, 7) is 1.90. The molecule has 6 heteroatoms. The van der Waals surface area contributed by atoms with Crippen molar-refractivity contribution in [1.29, 1.82) is 0 Å². The average Bonchev–Trinajstić information content (AvgIpc) is 2.42. The second-order valence-corrected chi connectivity index (χ2v) is 4.59. The monoisotopic (exact) mass is 289 g/mol. The van der Waals surface area contributed by atoms with E-state index in [9.17, 15) is 18.0 Å². The number of carbonyl (C=O) groups is 1. The Bertz CT molecular complexity index is 443. The molecule has 2 unspecified atom stereocenters. The molecular formula is C14H18F3NO2. The van der Waals surface area contributed by atoms with Crippen LogP contribution in [0.3, 0.4) is 0 Å². The third-order valence-corrected chi connectivity index (χ3v) is 3.24. The molecule has 0 aliphatic carbocycles. The van der Waals surface area contributed by atoms with Gasteiger partial charge in [0.1, 0.15) is 6.04 Å². The van der Waals surface area contributed by atoms with Crippen LogP contribution in [-0.2, 0) is 15.7 Å². The maximum Gasteiger partial charge on any atom is 0.416 e. The lowest BCUT2D eigenvalue weighted by atomic mass is 9.89. The van der Waals surface area contributed by atoms with Crippen molar-refractivity contribution in [3.05, 3.63) is 35.4 Å². The summed E-state index contributed by atoms with van der Waals surface area (Å²) in [6.07, 6.45) is -3.33. The largest absolute Gasteiger partial charge is 0.468 e. The molecule has 20 heavy (non-hydrogen) atoms. The van der Waals surface area contributed by atoms with Gasteiger partial charge in [-0.3, -0.25) is 4.79 Å². The molecule has 0 aliphatic heterocycles. The lowest BCUT2D eigenvalue weighted by Crippen LogP contribution is -2.33. The molecule has 0 saturated heterocycles. The highest BCUT2D eigenvalue weighted by atomic mass is 19.4. The van der Waals surface area contributed by atoms with Crippen LogP contribution in [0.2, 0.25) is 0 Å². The van der Waals surface area contributed by atoms with Gasteiger partial charge in [0.05, 0.1) is 12.7 Å². The van der Waals surface area contributed by atoms with Crippen molar-refractivity contribution in [3.8, 4) is 0 Å². The molecule has 0 bridgehead atoms. The fraction of sp³-hybridized carbons (Fsp3) is 0.500. The predicted octanol–water partition coefficient (Wildman–Crippen LogP) is 3.09. The Morgan fingerprint density at radius 3 is 2.25 bits per heavy atom. The Balaban J connectivity index is 2.83. The second-order valence-electron chi connectivity index (χ2n) is 4.59. The molecule has 1 rings (SSSR count). The lowest BCUT2D eigenvalue weighted by molar-refractivity contribution is -0.142. The molecule has 112 valence electrons. The van der Waals surface area contributed by atoms with Crippen molar-refractivity contribution in [3.63, 3.8) is 0 Å². The van der Waals surface area contributed by atoms with Crippen molar-refractivity contribution in [2.45, 2.75) is 37.9 Å². The zero-order valence-corrected chi connectivity index (χ0v) is 11.4. The van der Waals surface area contributed by atoms with Crippen LogP contribution in [0.5, 0.6) is 0 Å². The second kappa shape index (κ2) is 6.74. The Morgan fingerprint density at radius 1 is 1.30 bits per heavy atom. The van der Waals surface area contributed by atoms with E-state index in [4.69, 9.17) is 5.73 Å². The number of ether oxygens (including phenoxy) is 1. The summed E-state index contributed by atoms with van der Waals surface area (Å²) in [5, 5.41) is 0. The number of alkyl halides is 3. The smallest absolute Gasteiger partial charge is 0.416 e. The summed E-state index contributed by atoms with van der Waals surface area (Å²) in [6, 6.07) is 4.18. The highest BCUT2D eigenvalue weighted by molar-refractivity contribution is 5.75. The molecule has 0 saturated carbocycles. The topological polar surface area (TPSA) is 52.3 Å². The number of rotatable bonds is 5. The number of carbonyl (C=O) groups excluding carboxylic acids is 1. The number of methoxy groups -OCH3 is 1. The highest BCUT2D eigenvalue weighted by Gasteiger charge is 2.30. The molecule has 1 aromatic rings. The van der Waals surface area contributed by atoms with Gasteiger partial charge in [-0.1, -0.05) is 19.1 Å². The van der Waals surface area contributed by atoms with E-state index in [1.165, 1.54) is 19.2 Å². The van der Waals surface area contributed by atoms with Gasteiger partial charge >= 0.3 is 12.1 Å². The molecule has 0 fully saturated rings. The van der Waals surface area contributed by atoms with E-state index in [-0.39, 0.29) is 5.92 Å². The van der Waals surface area contributed by atoms with Crippen molar-refractivity contribution in [1.82, 2.24) is 0 Å². The molecule has 2 N–H and O–H groups in total. The first kappa shape index (κ1) is 16.5. The van der Waals surface area contributed by atoms with E-state index in [0.717, 1.165) is 17.7 Å². The standard InChI is InChI=1S/C14H18F3NO2/c1-3-9(8-12(18)13(19)20-2)10-4-6-11(7-5-10)14(15,16)17/h4-7,9,12H,3,8,18H2,1-2H3. The van der Waals surface area contributed by atoms with E-state index in [1.54, 1.807) is 0 Å². The maximum atomic E-state index is 12.5. The molecule has 0 spiro atoms. The van der Waals surface area contributed by atoms with E-state index in [1.807, 2.05) is 6.92 Å². The number of halogens is 3. The first-order chi connectivity index (χ1) is 9.29. The fourth-order valence-electron chi connectivity index (χ4n) is 2.04. The first-order valence-electron chi connectivity index (χ1n) is 6.30. The van der Waals surface area contributed by atoms with E-state index < -0.39 is 23.8 Å². The van der Waals surface area contributed by atoms with Gasteiger partial charge in [0.15, 0.2) is 0 Å². The molecule has 0 heterocycles. The third-order valence-electron chi connectivity index (χ3n) is 3.24. The summed E-state index contributed by atoms with van der Waals surface area (Å²) < 4.78 is 42.0. The van der Waals surface area contributed by atoms with Crippen LogP contribution in [0.4, 0.5) is 13.2 Å². The summed E-state index contributed by atoms with van der Waals surface area (Å²) in [7, 11) is 1.25. The van der Waals surface area contributed by atoms with Gasteiger partial charge in [-0.05, 0) is 36.5 Å². The summed E-state index contributed by atoms with van der Waals surface area (Å²) >= 11 is 0. The minimum Gasteiger partial charge on any atom is -0.468 e. The lowest BCUT2D eigenvalue weighted by Gasteiger charge is -2.19. The minimum absolute atomic E-state index is 0.0774. The maximum absolute atomic E-state index is 12.5. The molecule has 0 aromatic heterocycles. The normalized spacial score (nSPS) is 14.7.